The van der Waals surface area contributed by atoms with Gasteiger partial charge in [0.05, 0.1) is 23.3 Å². The van der Waals surface area contributed by atoms with Crippen LogP contribution in [0.4, 0.5) is 18.9 Å². The number of aryl methyl sites for hydroxylation is 1. The molecule has 0 saturated heterocycles. The Morgan fingerprint density at radius 2 is 1.89 bits per heavy atom. The van der Waals surface area contributed by atoms with Crippen molar-refractivity contribution in [2.75, 3.05) is 19.0 Å². The van der Waals surface area contributed by atoms with Crippen LogP contribution in [0.1, 0.15) is 5.69 Å². The fourth-order valence-corrected chi connectivity index (χ4v) is 1.65. The number of halogens is 3. The van der Waals surface area contributed by atoms with E-state index in [4.69, 9.17) is 0 Å². The molecule has 0 aliphatic carbocycles. The second-order valence-corrected chi connectivity index (χ2v) is 4.33. The molecule has 7 heteroatoms. The summed E-state index contributed by atoms with van der Waals surface area (Å²) in [6.07, 6.45) is -2.84. The molecule has 0 spiro atoms. The second-order valence-electron chi connectivity index (χ2n) is 4.33. The molecule has 0 saturated carbocycles. The van der Waals surface area contributed by atoms with Gasteiger partial charge in [0.1, 0.15) is 0 Å². The lowest BCUT2D eigenvalue weighted by molar-refractivity contribution is -0.141. The summed E-state index contributed by atoms with van der Waals surface area (Å²) >= 11 is 0. The minimum atomic E-state index is -4.44. The van der Waals surface area contributed by atoms with Crippen molar-refractivity contribution in [3.63, 3.8) is 0 Å². The largest absolute Gasteiger partial charge is 0.435 e. The van der Waals surface area contributed by atoms with Gasteiger partial charge in [-0.25, -0.2) is 0 Å². The van der Waals surface area contributed by atoms with E-state index in [-0.39, 0.29) is 0 Å². The molecule has 0 amide bonds. The lowest BCUT2D eigenvalue weighted by atomic mass is 10.2. The van der Waals surface area contributed by atoms with Crippen LogP contribution in [0.3, 0.4) is 0 Å². The number of alkyl halides is 3. The lowest BCUT2D eigenvalue weighted by Crippen LogP contribution is -2.08. The van der Waals surface area contributed by atoms with Gasteiger partial charge in [-0.1, -0.05) is 0 Å². The van der Waals surface area contributed by atoms with Gasteiger partial charge < -0.3 is 4.90 Å². The molecule has 2 heterocycles. The summed E-state index contributed by atoms with van der Waals surface area (Å²) in [5.74, 6) is 0. The number of aromatic nitrogens is 3. The maximum absolute atomic E-state index is 12.6. The first-order valence-electron chi connectivity index (χ1n) is 5.54. The maximum Gasteiger partial charge on any atom is 0.435 e. The van der Waals surface area contributed by atoms with Crippen molar-refractivity contribution >= 4 is 5.69 Å². The molecule has 19 heavy (non-hydrogen) atoms. The zero-order valence-corrected chi connectivity index (χ0v) is 10.7. The number of anilines is 1. The van der Waals surface area contributed by atoms with Crippen LogP contribution in [0, 0.1) is 0 Å². The molecule has 0 aliphatic heterocycles. The highest BCUT2D eigenvalue weighted by molar-refractivity contribution is 5.58. The van der Waals surface area contributed by atoms with E-state index in [2.05, 4.69) is 10.1 Å². The summed E-state index contributed by atoms with van der Waals surface area (Å²) in [4.78, 5) is 6.02. The normalized spacial score (nSPS) is 11.7. The molecule has 0 N–H and O–H groups in total. The molecule has 2 aromatic heterocycles. The molecule has 0 radical (unpaired) electrons. The molecule has 4 nitrogen and oxygen atoms in total. The average Bonchev–Trinajstić information content (AvgIpc) is 2.71. The monoisotopic (exact) mass is 270 g/mol. The van der Waals surface area contributed by atoms with Gasteiger partial charge in [0.2, 0.25) is 0 Å². The first kappa shape index (κ1) is 13.4. The van der Waals surface area contributed by atoms with Crippen LogP contribution in [0.2, 0.25) is 0 Å². The van der Waals surface area contributed by atoms with Crippen LogP contribution in [0.5, 0.6) is 0 Å². The van der Waals surface area contributed by atoms with Crippen molar-refractivity contribution in [1.82, 2.24) is 14.8 Å². The predicted octanol–water partition coefficient (Wildman–Crippen LogP) is 2.57. The third-order valence-corrected chi connectivity index (χ3v) is 2.70. The summed E-state index contributed by atoms with van der Waals surface area (Å²) in [7, 11) is 5.19. The summed E-state index contributed by atoms with van der Waals surface area (Å²) in [5, 5.41) is 3.46. The zero-order chi connectivity index (χ0) is 14.2. The van der Waals surface area contributed by atoms with Gasteiger partial charge in [0, 0.05) is 21.1 Å². The molecule has 0 fully saturated rings. The van der Waals surface area contributed by atoms with E-state index < -0.39 is 11.9 Å². The molecule has 0 atom stereocenters. The lowest BCUT2D eigenvalue weighted by Gasteiger charge is -2.11. The molecule has 0 aliphatic rings. The Hall–Kier alpha value is -2.05. The maximum atomic E-state index is 12.6. The van der Waals surface area contributed by atoms with Crippen LogP contribution >= 0.6 is 0 Å². The second kappa shape index (κ2) is 4.56. The SMILES string of the molecule is CN(C)c1ccc(-c2cc(C(F)(F)F)nn2C)nc1. The van der Waals surface area contributed by atoms with E-state index in [1.807, 2.05) is 19.0 Å². The average molecular weight is 270 g/mol. The summed E-state index contributed by atoms with van der Waals surface area (Å²) < 4.78 is 38.9. The van der Waals surface area contributed by atoms with Gasteiger partial charge in [-0.15, -0.1) is 0 Å². The van der Waals surface area contributed by atoms with Gasteiger partial charge >= 0.3 is 6.18 Å². The molecule has 2 rings (SSSR count). The standard InChI is InChI=1S/C12H13F3N4/c1-18(2)8-4-5-9(16-7-8)10-6-11(12(13,14)15)17-19(10)3/h4-7H,1-3H3. The highest BCUT2D eigenvalue weighted by atomic mass is 19.4. The van der Waals surface area contributed by atoms with Gasteiger partial charge in [0.25, 0.3) is 0 Å². The first-order valence-corrected chi connectivity index (χ1v) is 5.54. The van der Waals surface area contributed by atoms with Gasteiger partial charge in [-0.05, 0) is 18.2 Å². The first-order chi connectivity index (χ1) is 8.79. The molecule has 0 aromatic carbocycles. The molecule has 0 bridgehead atoms. The van der Waals surface area contributed by atoms with Crippen molar-refractivity contribution < 1.29 is 13.2 Å². The minimum Gasteiger partial charge on any atom is -0.376 e. The number of nitrogens with zero attached hydrogens (tertiary/aromatic N) is 4. The number of rotatable bonds is 2. The molecule has 102 valence electrons. The Bertz CT molecular complexity index is 570. The number of hydrogen-bond acceptors (Lipinski definition) is 3. The quantitative estimate of drug-likeness (QED) is 0.841. The third-order valence-electron chi connectivity index (χ3n) is 2.70. The van der Waals surface area contributed by atoms with Crippen LogP contribution in [-0.2, 0) is 13.2 Å². The van der Waals surface area contributed by atoms with Gasteiger partial charge in [0.15, 0.2) is 5.69 Å². The van der Waals surface area contributed by atoms with E-state index in [1.165, 1.54) is 11.7 Å². The Kier molecular flexibility index (Phi) is 3.21. The van der Waals surface area contributed by atoms with Crippen molar-refractivity contribution in [3.8, 4) is 11.4 Å². The molecule has 0 unspecified atom stereocenters. The number of hydrogen-bond donors (Lipinski definition) is 0. The highest BCUT2D eigenvalue weighted by Crippen LogP contribution is 2.31. The van der Waals surface area contributed by atoms with Crippen molar-refractivity contribution in [1.29, 1.82) is 0 Å². The Labute approximate surface area is 108 Å². The van der Waals surface area contributed by atoms with Crippen molar-refractivity contribution in [2.45, 2.75) is 6.18 Å². The van der Waals surface area contributed by atoms with Crippen LogP contribution in [-0.4, -0.2) is 28.9 Å². The summed E-state index contributed by atoms with van der Waals surface area (Å²) in [5.41, 5.74) is 0.749. The van der Waals surface area contributed by atoms with Gasteiger partial charge in [-0.3, -0.25) is 9.67 Å². The minimum absolute atomic E-state index is 0.331. The van der Waals surface area contributed by atoms with Crippen LogP contribution < -0.4 is 4.90 Å². The predicted molar refractivity (Wildman–Crippen MR) is 65.8 cm³/mol. The molecular formula is C12H13F3N4. The van der Waals surface area contributed by atoms with Crippen molar-refractivity contribution in [3.05, 3.63) is 30.1 Å². The van der Waals surface area contributed by atoms with Crippen LogP contribution in [0.15, 0.2) is 24.4 Å². The highest BCUT2D eigenvalue weighted by Gasteiger charge is 2.34. The number of pyridine rings is 1. The van der Waals surface area contributed by atoms with E-state index in [0.29, 0.717) is 11.4 Å². The summed E-state index contributed by atoms with van der Waals surface area (Å²) in [6.45, 7) is 0. The smallest absolute Gasteiger partial charge is 0.376 e. The Morgan fingerprint density at radius 3 is 2.32 bits per heavy atom. The van der Waals surface area contributed by atoms with Gasteiger partial charge in [-0.2, -0.15) is 18.3 Å². The fourth-order valence-electron chi connectivity index (χ4n) is 1.65. The van der Waals surface area contributed by atoms with E-state index in [0.717, 1.165) is 11.8 Å². The fraction of sp³-hybridized carbons (Fsp3) is 0.333. The van der Waals surface area contributed by atoms with Crippen LogP contribution in [0.25, 0.3) is 11.4 Å². The topological polar surface area (TPSA) is 34.0 Å². The van der Waals surface area contributed by atoms with E-state index in [1.54, 1.807) is 18.3 Å². The van der Waals surface area contributed by atoms with Crippen molar-refractivity contribution in [2.24, 2.45) is 7.05 Å². The zero-order valence-electron chi connectivity index (χ0n) is 10.7. The third kappa shape index (κ3) is 2.69. The Morgan fingerprint density at radius 1 is 1.21 bits per heavy atom. The summed E-state index contributed by atoms with van der Waals surface area (Å²) in [6, 6.07) is 4.47. The van der Waals surface area contributed by atoms with E-state index in [9.17, 15) is 13.2 Å². The molecule has 2 aromatic rings. The van der Waals surface area contributed by atoms with E-state index >= 15 is 0 Å². The Balaban J connectivity index is 2.39. The molecular weight excluding hydrogens is 257 g/mol.